The molecule has 1 aromatic heterocycles. The van der Waals surface area contributed by atoms with Crippen LogP contribution in [0.2, 0.25) is 0 Å². The number of anilines is 1. The Kier molecular flexibility index (Phi) is 7.07. The molecule has 0 spiro atoms. The van der Waals surface area contributed by atoms with Crippen LogP contribution in [0.5, 0.6) is 0 Å². The molecule has 3 rings (SSSR count). The number of aliphatic hydroxyl groups is 1. The zero-order chi connectivity index (χ0) is 25.4. The number of nitrogens with zero attached hydrogens (tertiary/aromatic N) is 3. The van der Waals surface area contributed by atoms with Gasteiger partial charge in [-0.25, -0.2) is 4.79 Å². The summed E-state index contributed by atoms with van der Waals surface area (Å²) in [5.74, 6) is -0.0987. The van der Waals surface area contributed by atoms with Gasteiger partial charge in [0.1, 0.15) is 11.6 Å². The minimum absolute atomic E-state index is 0.0441. The van der Waals surface area contributed by atoms with Crippen LogP contribution in [0.25, 0.3) is 0 Å². The zero-order valence-electron chi connectivity index (χ0n) is 21.2. The third-order valence-corrected chi connectivity index (χ3v) is 5.57. The minimum atomic E-state index is -1.20. The molecule has 0 bridgehead atoms. The smallest absolute Gasteiger partial charge is 0.415 e. The molecule has 2 heterocycles. The fourth-order valence-corrected chi connectivity index (χ4v) is 3.81. The van der Waals surface area contributed by atoms with Crippen LogP contribution in [0.15, 0.2) is 28.7 Å². The number of fused-ring (bicyclic) bond motifs is 1. The lowest BCUT2D eigenvalue weighted by Crippen LogP contribution is -2.53. The van der Waals surface area contributed by atoms with Crippen molar-refractivity contribution >= 4 is 17.7 Å². The van der Waals surface area contributed by atoms with Gasteiger partial charge in [-0.2, -0.15) is 0 Å². The molecule has 2 aromatic rings. The van der Waals surface area contributed by atoms with Gasteiger partial charge in [-0.05, 0) is 38.3 Å². The molecule has 1 aromatic carbocycles. The minimum Gasteiger partial charge on any atom is -0.443 e. The Morgan fingerprint density at radius 1 is 1.15 bits per heavy atom. The first-order chi connectivity index (χ1) is 15.7. The first kappa shape index (κ1) is 25.7. The summed E-state index contributed by atoms with van der Waals surface area (Å²) < 4.78 is 11.3. The van der Waals surface area contributed by atoms with Gasteiger partial charge in [0.05, 0.1) is 11.7 Å². The number of aromatic nitrogens is 2. The summed E-state index contributed by atoms with van der Waals surface area (Å²) in [7, 11) is 0. The van der Waals surface area contributed by atoms with Crippen molar-refractivity contribution in [2.45, 2.75) is 91.0 Å². The Bertz CT molecular complexity index is 1030. The van der Waals surface area contributed by atoms with Crippen molar-refractivity contribution < 1.29 is 23.8 Å². The van der Waals surface area contributed by atoms with E-state index in [1.807, 2.05) is 52.8 Å². The molecular formula is C25H36N4O5. The number of carbonyl (C=O) groups is 2. The summed E-state index contributed by atoms with van der Waals surface area (Å²) in [6.07, 6.45) is -1.45. The third-order valence-electron chi connectivity index (χ3n) is 5.57. The van der Waals surface area contributed by atoms with E-state index in [-0.39, 0.29) is 17.2 Å². The topological polar surface area (TPSA) is 118 Å². The maximum absolute atomic E-state index is 13.5. The molecule has 3 atom stereocenters. The summed E-state index contributed by atoms with van der Waals surface area (Å²) >= 11 is 0. The van der Waals surface area contributed by atoms with Gasteiger partial charge in [-0.15, -0.1) is 10.2 Å². The maximum atomic E-state index is 13.5. The molecule has 0 aliphatic carbocycles. The molecule has 34 heavy (non-hydrogen) atoms. The van der Waals surface area contributed by atoms with Gasteiger partial charge < -0.3 is 19.6 Å². The van der Waals surface area contributed by atoms with Crippen molar-refractivity contribution in [1.82, 2.24) is 15.5 Å². The van der Waals surface area contributed by atoms with Crippen molar-refractivity contribution in [1.29, 1.82) is 0 Å². The first-order valence-corrected chi connectivity index (χ1v) is 11.6. The van der Waals surface area contributed by atoms with Gasteiger partial charge in [0, 0.05) is 11.8 Å². The van der Waals surface area contributed by atoms with Crippen LogP contribution < -0.4 is 10.2 Å². The first-order valence-electron chi connectivity index (χ1n) is 11.6. The van der Waals surface area contributed by atoms with E-state index < -0.39 is 35.8 Å². The highest BCUT2D eigenvalue weighted by atomic mass is 16.6. The Balaban J connectivity index is 1.84. The molecule has 9 nitrogen and oxygen atoms in total. The fourth-order valence-electron chi connectivity index (χ4n) is 3.81. The van der Waals surface area contributed by atoms with Gasteiger partial charge in [-0.1, -0.05) is 52.8 Å². The molecule has 0 saturated heterocycles. The van der Waals surface area contributed by atoms with Crippen molar-refractivity contribution in [2.75, 3.05) is 4.90 Å². The normalized spacial score (nSPS) is 17.9. The Labute approximate surface area is 200 Å². The summed E-state index contributed by atoms with van der Waals surface area (Å²) in [4.78, 5) is 27.9. The molecule has 0 saturated carbocycles. The summed E-state index contributed by atoms with van der Waals surface area (Å²) in [5.41, 5.74) is 0.437. The number of amides is 2. The van der Waals surface area contributed by atoms with Crippen LogP contribution in [0.4, 0.5) is 10.5 Å². The summed E-state index contributed by atoms with van der Waals surface area (Å²) in [6.45, 7) is 14.9. The van der Waals surface area contributed by atoms with E-state index in [1.54, 1.807) is 26.8 Å². The average molecular weight is 473 g/mol. The van der Waals surface area contributed by atoms with Crippen LogP contribution >= 0.6 is 0 Å². The SMILES string of the molecule is CC(C)[C@H](NC(=O)[C@@H]1Cc2ccccc2N1C(=O)OC(C)(C)C)C(O)c1nnc(C(C)(C)C)o1. The van der Waals surface area contributed by atoms with Crippen molar-refractivity contribution in [3.05, 3.63) is 41.6 Å². The van der Waals surface area contributed by atoms with E-state index >= 15 is 0 Å². The molecule has 2 N–H and O–H groups in total. The molecular weight excluding hydrogens is 436 g/mol. The molecule has 2 amide bonds. The average Bonchev–Trinajstić information content (AvgIpc) is 3.34. The van der Waals surface area contributed by atoms with Crippen molar-refractivity contribution in [2.24, 2.45) is 5.92 Å². The molecule has 1 unspecified atom stereocenters. The summed E-state index contributed by atoms with van der Waals surface area (Å²) in [6, 6.07) is 5.86. The lowest BCUT2D eigenvalue weighted by Gasteiger charge is -2.31. The highest BCUT2D eigenvalue weighted by Gasteiger charge is 2.42. The highest BCUT2D eigenvalue weighted by Crippen LogP contribution is 2.34. The number of aliphatic hydroxyl groups excluding tert-OH is 1. The molecule has 1 aliphatic heterocycles. The van der Waals surface area contributed by atoms with E-state index in [0.29, 0.717) is 18.0 Å². The van der Waals surface area contributed by atoms with Gasteiger partial charge in [-0.3, -0.25) is 9.69 Å². The zero-order valence-corrected chi connectivity index (χ0v) is 21.2. The van der Waals surface area contributed by atoms with Crippen LogP contribution in [-0.4, -0.2) is 45.0 Å². The standard InChI is InChI=1S/C25H36N4O5/c1-14(2)18(19(30)21-27-28-22(33-21)24(3,4)5)26-20(31)17-13-15-11-9-10-12-16(15)29(17)23(32)34-25(6,7)8/h9-12,14,17-19,30H,13H2,1-8H3,(H,26,31)/t17-,18-,19?/m0/s1. The van der Waals surface area contributed by atoms with Crippen molar-refractivity contribution in [3.8, 4) is 0 Å². The Morgan fingerprint density at radius 3 is 2.35 bits per heavy atom. The second kappa shape index (κ2) is 9.37. The lowest BCUT2D eigenvalue weighted by molar-refractivity contribution is -0.124. The second-order valence-electron chi connectivity index (χ2n) is 11.1. The Hall–Kier alpha value is -2.94. The van der Waals surface area contributed by atoms with Crippen LogP contribution in [0.1, 0.15) is 78.8 Å². The van der Waals surface area contributed by atoms with Crippen LogP contribution in [-0.2, 0) is 21.4 Å². The number of rotatable bonds is 5. The molecule has 9 heteroatoms. The van der Waals surface area contributed by atoms with Crippen LogP contribution in [0, 0.1) is 5.92 Å². The number of benzene rings is 1. The maximum Gasteiger partial charge on any atom is 0.415 e. The Morgan fingerprint density at radius 2 is 1.79 bits per heavy atom. The van der Waals surface area contributed by atoms with Gasteiger partial charge in [0.25, 0.3) is 0 Å². The van der Waals surface area contributed by atoms with E-state index in [0.717, 1.165) is 5.56 Å². The number of hydrogen-bond acceptors (Lipinski definition) is 7. The highest BCUT2D eigenvalue weighted by molar-refractivity contribution is 6.00. The molecule has 0 radical (unpaired) electrons. The second-order valence-corrected chi connectivity index (χ2v) is 11.1. The lowest BCUT2D eigenvalue weighted by atomic mass is 9.97. The van der Waals surface area contributed by atoms with E-state index in [9.17, 15) is 14.7 Å². The number of para-hydroxylation sites is 1. The molecule has 186 valence electrons. The predicted molar refractivity (Wildman–Crippen MR) is 127 cm³/mol. The van der Waals surface area contributed by atoms with E-state index in [2.05, 4.69) is 15.5 Å². The van der Waals surface area contributed by atoms with Crippen LogP contribution in [0.3, 0.4) is 0 Å². The quantitative estimate of drug-likeness (QED) is 0.677. The predicted octanol–water partition coefficient (Wildman–Crippen LogP) is 3.91. The number of ether oxygens (including phenoxy) is 1. The number of hydrogen-bond donors (Lipinski definition) is 2. The molecule has 0 fully saturated rings. The summed E-state index contributed by atoms with van der Waals surface area (Å²) in [5, 5.41) is 22.0. The molecule has 1 aliphatic rings. The van der Waals surface area contributed by atoms with E-state index in [4.69, 9.17) is 9.15 Å². The third kappa shape index (κ3) is 5.58. The van der Waals surface area contributed by atoms with Crippen molar-refractivity contribution in [3.63, 3.8) is 0 Å². The fraction of sp³-hybridized carbons (Fsp3) is 0.600. The van der Waals surface area contributed by atoms with E-state index in [1.165, 1.54) is 4.90 Å². The largest absolute Gasteiger partial charge is 0.443 e. The van der Waals surface area contributed by atoms with Gasteiger partial charge >= 0.3 is 6.09 Å². The number of nitrogens with one attached hydrogen (secondary N) is 1. The monoisotopic (exact) mass is 472 g/mol. The number of carbonyl (C=O) groups excluding carboxylic acids is 2. The van der Waals surface area contributed by atoms with Gasteiger partial charge in [0.15, 0.2) is 6.10 Å². The van der Waals surface area contributed by atoms with Gasteiger partial charge in [0.2, 0.25) is 17.7 Å².